The molecule has 0 aromatic rings. The summed E-state index contributed by atoms with van der Waals surface area (Å²) in [5, 5.41) is 0. The van der Waals surface area contributed by atoms with E-state index in [1.165, 1.54) is 0 Å². The van der Waals surface area contributed by atoms with Crippen molar-refractivity contribution in [2.24, 2.45) is 0 Å². The number of halogens is 1. The second-order valence-corrected chi connectivity index (χ2v) is 0.511. The zero-order valence-electron chi connectivity index (χ0n) is 2.69. The van der Waals surface area contributed by atoms with Crippen LogP contribution in [0, 0.1) is 6.58 Å². The van der Waals surface area contributed by atoms with Gasteiger partial charge in [0.1, 0.15) is 0 Å². The van der Waals surface area contributed by atoms with Gasteiger partial charge in [-0.1, -0.05) is 12.7 Å². The van der Waals surface area contributed by atoms with E-state index in [2.05, 4.69) is 6.58 Å². The maximum atomic E-state index is 10.7. The highest BCUT2D eigenvalue weighted by Gasteiger charge is 1.46. The highest BCUT2D eigenvalue weighted by Crippen LogP contribution is 1.68. The summed E-state index contributed by atoms with van der Waals surface area (Å²) in [6.45, 7) is 4.69. The van der Waals surface area contributed by atoms with Crippen molar-refractivity contribution < 1.29 is 4.39 Å². The molecular weight excluding hydrogens is 67.0 g/mol. The molecule has 0 amide bonds. The molecule has 0 aromatic carbocycles. The second kappa shape index (κ2) is 3.41. The van der Waals surface area contributed by atoms with Gasteiger partial charge in [-0.3, -0.25) is 0 Å². The molecule has 0 spiro atoms. The fraction of sp³-hybridized carbons (Fsp3) is 0. The van der Waals surface area contributed by atoms with Gasteiger partial charge in [-0.05, 0) is 6.08 Å². The molecule has 0 fully saturated rings. The van der Waals surface area contributed by atoms with Gasteiger partial charge in [0.2, 0.25) is 0 Å². The van der Waals surface area contributed by atoms with Gasteiger partial charge in [0.05, 0.1) is 6.33 Å². The topological polar surface area (TPSA) is 0 Å². The lowest BCUT2D eigenvalue weighted by Crippen LogP contribution is -1.31. The minimum absolute atomic E-state index is 0.375. The molecule has 0 N–H and O–H groups in total. The molecule has 0 aromatic heterocycles. The predicted octanol–water partition coefficient (Wildman–Crippen LogP) is 1.46. The van der Waals surface area contributed by atoms with Crippen LogP contribution in [-0.2, 0) is 0 Å². The molecule has 0 aliphatic carbocycles. The van der Waals surface area contributed by atoms with Crippen LogP contribution >= 0.6 is 0 Å². The average molecular weight is 71.1 g/mol. The highest BCUT2D eigenvalue weighted by atomic mass is 19.1. The third kappa shape index (κ3) is 3.41. The molecule has 1 radical (unpaired) electrons. The Kier molecular flexibility index (Phi) is 3.01. The van der Waals surface area contributed by atoms with Crippen molar-refractivity contribution in [3.05, 3.63) is 25.1 Å². The first kappa shape index (κ1) is 4.41. The van der Waals surface area contributed by atoms with Crippen molar-refractivity contribution in [3.63, 3.8) is 0 Å². The molecule has 0 rings (SSSR count). The van der Waals surface area contributed by atoms with E-state index in [9.17, 15) is 4.39 Å². The van der Waals surface area contributed by atoms with Crippen LogP contribution in [0.25, 0.3) is 0 Å². The lowest BCUT2D eigenvalue weighted by atomic mass is 10.6. The highest BCUT2D eigenvalue weighted by molar-refractivity contribution is 4.89. The van der Waals surface area contributed by atoms with E-state index in [0.29, 0.717) is 6.33 Å². The van der Waals surface area contributed by atoms with Gasteiger partial charge in [0.25, 0.3) is 0 Å². The Morgan fingerprint density at radius 1 is 1.60 bits per heavy atom. The van der Waals surface area contributed by atoms with Crippen LogP contribution in [0.15, 0.2) is 18.5 Å². The first-order valence-corrected chi connectivity index (χ1v) is 1.22. The standard InChI is InChI=1S/C4H4F/c1-2-3-4-5/h1-4H/b2-1?,4-3+. The van der Waals surface area contributed by atoms with Crippen LogP contribution in [0.1, 0.15) is 0 Å². The smallest absolute Gasteiger partial charge is 0.0866 e. The molecular formula is C4H4F. The normalized spacial score (nSPS) is 9.00. The van der Waals surface area contributed by atoms with Gasteiger partial charge in [-0.15, -0.1) is 0 Å². The number of hydrogen-bond donors (Lipinski definition) is 0. The van der Waals surface area contributed by atoms with E-state index < -0.39 is 0 Å². The molecule has 0 aliphatic heterocycles. The Labute approximate surface area is 30.6 Å². The molecule has 0 aliphatic rings. The Bertz CT molecular complexity index is 45.6. The molecule has 0 saturated heterocycles. The summed E-state index contributed by atoms with van der Waals surface area (Å²) in [6.07, 6.45) is 2.61. The van der Waals surface area contributed by atoms with Crippen molar-refractivity contribution in [1.82, 2.24) is 0 Å². The third-order valence-corrected chi connectivity index (χ3v) is 0.184. The van der Waals surface area contributed by atoms with Crippen molar-refractivity contribution in [3.8, 4) is 0 Å². The first-order valence-electron chi connectivity index (χ1n) is 1.22. The fourth-order valence-corrected chi connectivity index (χ4v) is 0.0420. The quantitative estimate of drug-likeness (QED) is 0.410. The van der Waals surface area contributed by atoms with Crippen molar-refractivity contribution in [2.45, 2.75) is 0 Å². The Hall–Kier alpha value is -0.590. The van der Waals surface area contributed by atoms with Crippen LogP contribution in [0.2, 0.25) is 0 Å². The maximum absolute atomic E-state index is 10.7. The van der Waals surface area contributed by atoms with Crippen LogP contribution in [0.4, 0.5) is 4.39 Å². The van der Waals surface area contributed by atoms with E-state index in [1.54, 1.807) is 0 Å². The average Bonchev–Trinajstić information content (AvgIpc) is 1.41. The van der Waals surface area contributed by atoms with Crippen molar-refractivity contribution >= 4 is 0 Å². The minimum atomic E-state index is 0.375. The van der Waals surface area contributed by atoms with Gasteiger partial charge < -0.3 is 0 Å². The summed E-state index contributed by atoms with van der Waals surface area (Å²) in [4.78, 5) is 0. The van der Waals surface area contributed by atoms with E-state index in [1.807, 2.05) is 0 Å². The van der Waals surface area contributed by atoms with Gasteiger partial charge >= 0.3 is 0 Å². The number of hydrogen-bond acceptors (Lipinski definition) is 0. The van der Waals surface area contributed by atoms with Gasteiger partial charge in [0, 0.05) is 0 Å². The Morgan fingerprint density at radius 2 is 2.20 bits per heavy atom. The summed E-state index contributed by atoms with van der Waals surface area (Å²) in [6, 6.07) is 0. The van der Waals surface area contributed by atoms with E-state index in [4.69, 9.17) is 0 Å². The molecule has 27 valence electrons. The monoisotopic (exact) mass is 71.0 g/mol. The zero-order valence-corrected chi connectivity index (χ0v) is 2.69. The molecule has 1 heteroatoms. The minimum Gasteiger partial charge on any atom is -0.216 e. The van der Waals surface area contributed by atoms with Crippen LogP contribution in [-0.4, -0.2) is 0 Å². The van der Waals surface area contributed by atoms with Crippen LogP contribution in [0.5, 0.6) is 0 Å². The third-order valence-electron chi connectivity index (χ3n) is 0.184. The molecule has 0 atom stereocenters. The van der Waals surface area contributed by atoms with Gasteiger partial charge in [-0.2, -0.15) is 0 Å². The summed E-state index contributed by atoms with van der Waals surface area (Å²) >= 11 is 0. The summed E-state index contributed by atoms with van der Waals surface area (Å²) in [5.41, 5.74) is 0. The maximum Gasteiger partial charge on any atom is 0.0866 e. The predicted molar refractivity (Wildman–Crippen MR) is 19.1 cm³/mol. The Morgan fingerprint density at radius 3 is 2.20 bits per heavy atom. The first-order chi connectivity index (χ1) is 2.41. The summed E-state index contributed by atoms with van der Waals surface area (Å²) in [7, 11) is 0. The largest absolute Gasteiger partial charge is 0.216 e. The van der Waals surface area contributed by atoms with Crippen molar-refractivity contribution in [2.75, 3.05) is 0 Å². The molecule has 0 saturated carbocycles. The lowest BCUT2D eigenvalue weighted by molar-refractivity contribution is 0.721. The van der Waals surface area contributed by atoms with E-state index in [0.717, 1.165) is 12.2 Å². The molecule has 0 unspecified atom stereocenters. The number of rotatable bonds is 1. The van der Waals surface area contributed by atoms with Crippen molar-refractivity contribution in [1.29, 1.82) is 0 Å². The molecule has 0 nitrogen and oxygen atoms in total. The van der Waals surface area contributed by atoms with E-state index in [-0.39, 0.29) is 0 Å². The summed E-state index contributed by atoms with van der Waals surface area (Å²) < 4.78 is 10.7. The molecule has 0 bridgehead atoms. The number of allylic oxidation sites excluding steroid dienone is 2. The zero-order chi connectivity index (χ0) is 4.12. The van der Waals surface area contributed by atoms with Crippen LogP contribution < -0.4 is 0 Å². The van der Waals surface area contributed by atoms with E-state index >= 15 is 0 Å². The SMILES string of the molecule is [CH]=C/C=C/F. The Balaban J connectivity index is 2.92. The second-order valence-electron chi connectivity index (χ2n) is 0.511. The lowest BCUT2D eigenvalue weighted by Gasteiger charge is -1.52. The fourth-order valence-electron chi connectivity index (χ4n) is 0.0420. The summed E-state index contributed by atoms with van der Waals surface area (Å²) in [5.74, 6) is 0. The van der Waals surface area contributed by atoms with Gasteiger partial charge in [0.15, 0.2) is 0 Å². The molecule has 5 heavy (non-hydrogen) atoms. The van der Waals surface area contributed by atoms with Crippen LogP contribution in [0.3, 0.4) is 0 Å². The van der Waals surface area contributed by atoms with Gasteiger partial charge in [-0.25, -0.2) is 4.39 Å². The molecule has 0 heterocycles.